The van der Waals surface area contributed by atoms with Gasteiger partial charge in [0.2, 0.25) is 0 Å². The van der Waals surface area contributed by atoms with E-state index < -0.39 is 0 Å². The fourth-order valence-electron chi connectivity index (χ4n) is 2.44. The zero-order chi connectivity index (χ0) is 18.9. The predicted octanol–water partition coefficient (Wildman–Crippen LogP) is 4.41. The Morgan fingerprint density at radius 1 is 0.778 bits per heavy atom. The average Bonchev–Trinajstić information content (AvgIpc) is 2.72. The summed E-state index contributed by atoms with van der Waals surface area (Å²) in [6, 6.07) is 23.8. The average molecular weight is 363 g/mol. The smallest absolute Gasteiger partial charge is 0.255 e. The molecule has 0 aromatic heterocycles. The van der Waals surface area contributed by atoms with Gasteiger partial charge in [-0.2, -0.15) is 0 Å². The van der Waals surface area contributed by atoms with Gasteiger partial charge in [0.1, 0.15) is 30.5 Å². The van der Waals surface area contributed by atoms with Crippen LogP contribution >= 0.6 is 0 Å². The van der Waals surface area contributed by atoms with Crippen LogP contribution in [0.4, 0.5) is 5.69 Å². The fourth-order valence-corrected chi connectivity index (χ4v) is 2.44. The monoisotopic (exact) mass is 363 g/mol. The number of carbonyl (C=O) groups excluding carboxylic acids is 1. The van der Waals surface area contributed by atoms with Crippen LogP contribution in [0.5, 0.6) is 17.2 Å². The highest BCUT2D eigenvalue weighted by Gasteiger charge is 2.07. The molecule has 0 aliphatic rings. The summed E-state index contributed by atoms with van der Waals surface area (Å²) in [6.45, 7) is 0.867. The van der Waals surface area contributed by atoms with E-state index in [9.17, 15) is 4.79 Å². The molecule has 0 saturated carbocycles. The van der Waals surface area contributed by atoms with E-state index in [0.29, 0.717) is 36.0 Å². The maximum atomic E-state index is 12.3. The lowest BCUT2D eigenvalue weighted by Gasteiger charge is -2.09. The molecule has 27 heavy (non-hydrogen) atoms. The van der Waals surface area contributed by atoms with Gasteiger partial charge in [-0.1, -0.05) is 24.3 Å². The van der Waals surface area contributed by atoms with Gasteiger partial charge in [-0.05, 0) is 48.5 Å². The van der Waals surface area contributed by atoms with Crippen LogP contribution in [0.25, 0.3) is 0 Å². The van der Waals surface area contributed by atoms with Gasteiger partial charge < -0.3 is 19.5 Å². The Kier molecular flexibility index (Phi) is 6.30. The van der Waals surface area contributed by atoms with Gasteiger partial charge in [0.25, 0.3) is 5.91 Å². The maximum absolute atomic E-state index is 12.3. The number of hydrogen-bond acceptors (Lipinski definition) is 4. The van der Waals surface area contributed by atoms with Crippen LogP contribution < -0.4 is 19.5 Å². The Bertz CT molecular complexity index is 863. The van der Waals surface area contributed by atoms with Crippen molar-refractivity contribution in [3.05, 3.63) is 84.4 Å². The lowest BCUT2D eigenvalue weighted by atomic mass is 10.2. The molecule has 1 amide bonds. The lowest BCUT2D eigenvalue weighted by molar-refractivity contribution is 0.102. The first-order valence-corrected chi connectivity index (χ1v) is 8.61. The second-order valence-electron chi connectivity index (χ2n) is 5.72. The molecule has 3 aromatic carbocycles. The molecule has 1 N–H and O–H groups in total. The van der Waals surface area contributed by atoms with Crippen molar-refractivity contribution in [1.82, 2.24) is 0 Å². The number of benzene rings is 3. The van der Waals surface area contributed by atoms with E-state index >= 15 is 0 Å². The maximum Gasteiger partial charge on any atom is 0.255 e. The van der Waals surface area contributed by atoms with E-state index in [-0.39, 0.29) is 5.91 Å². The van der Waals surface area contributed by atoms with E-state index in [2.05, 4.69) is 5.32 Å². The summed E-state index contributed by atoms with van der Waals surface area (Å²) in [5.74, 6) is 1.99. The minimum Gasteiger partial charge on any atom is -0.497 e. The molecular weight excluding hydrogens is 342 g/mol. The fraction of sp³-hybridized carbons (Fsp3) is 0.136. The zero-order valence-electron chi connectivity index (χ0n) is 15.1. The van der Waals surface area contributed by atoms with Crippen LogP contribution in [0.15, 0.2) is 78.9 Å². The van der Waals surface area contributed by atoms with Crippen LogP contribution in [0, 0.1) is 0 Å². The van der Waals surface area contributed by atoms with E-state index in [1.807, 2.05) is 48.5 Å². The van der Waals surface area contributed by atoms with Crippen molar-refractivity contribution in [3.8, 4) is 17.2 Å². The largest absolute Gasteiger partial charge is 0.497 e. The second-order valence-corrected chi connectivity index (χ2v) is 5.72. The predicted molar refractivity (Wildman–Crippen MR) is 105 cm³/mol. The molecule has 0 heterocycles. The molecule has 0 radical (unpaired) electrons. The summed E-state index contributed by atoms with van der Waals surface area (Å²) >= 11 is 0. The Hall–Kier alpha value is -3.47. The van der Waals surface area contributed by atoms with Crippen LogP contribution in [0.2, 0.25) is 0 Å². The van der Waals surface area contributed by atoms with Crippen LogP contribution in [0.3, 0.4) is 0 Å². The van der Waals surface area contributed by atoms with Crippen LogP contribution in [-0.4, -0.2) is 26.2 Å². The van der Waals surface area contributed by atoms with Gasteiger partial charge in [-0.25, -0.2) is 0 Å². The third-order valence-electron chi connectivity index (χ3n) is 3.81. The van der Waals surface area contributed by atoms with Crippen LogP contribution in [-0.2, 0) is 0 Å². The second kappa shape index (κ2) is 9.29. The molecule has 3 aromatic rings. The third kappa shape index (κ3) is 5.51. The molecule has 0 fully saturated rings. The number of anilines is 1. The number of rotatable bonds is 8. The number of hydrogen-bond donors (Lipinski definition) is 1. The molecule has 0 atom stereocenters. The van der Waals surface area contributed by atoms with Crippen molar-refractivity contribution in [2.45, 2.75) is 0 Å². The molecule has 0 bridgehead atoms. The van der Waals surface area contributed by atoms with Gasteiger partial charge in [0.15, 0.2) is 0 Å². The number of nitrogens with one attached hydrogen (secondary N) is 1. The summed E-state index contributed by atoms with van der Waals surface area (Å²) < 4.78 is 16.4. The minimum absolute atomic E-state index is 0.192. The molecule has 0 unspecified atom stereocenters. The molecule has 0 aliphatic carbocycles. The summed E-state index contributed by atoms with van der Waals surface area (Å²) in [6.07, 6.45) is 0. The first-order chi connectivity index (χ1) is 13.2. The number of para-hydroxylation sites is 1. The van der Waals surface area contributed by atoms with Gasteiger partial charge in [0.05, 0.1) is 7.11 Å². The molecular formula is C22H21NO4. The van der Waals surface area contributed by atoms with Crippen LogP contribution in [0.1, 0.15) is 10.4 Å². The van der Waals surface area contributed by atoms with Gasteiger partial charge in [-0.15, -0.1) is 0 Å². The molecule has 0 saturated heterocycles. The molecule has 5 heteroatoms. The summed E-state index contributed by atoms with van der Waals surface area (Å²) in [7, 11) is 1.59. The highest BCUT2D eigenvalue weighted by atomic mass is 16.5. The summed E-state index contributed by atoms with van der Waals surface area (Å²) in [5.41, 5.74) is 1.23. The highest BCUT2D eigenvalue weighted by molar-refractivity contribution is 6.04. The van der Waals surface area contributed by atoms with Gasteiger partial charge in [-0.3, -0.25) is 4.79 Å². The topological polar surface area (TPSA) is 56.8 Å². The van der Waals surface area contributed by atoms with Crippen molar-refractivity contribution < 1.29 is 19.0 Å². The van der Waals surface area contributed by atoms with Gasteiger partial charge in [0, 0.05) is 17.3 Å². The Balaban J connectivity index is 1.48. The normalized spacial score (nSPS) is 10.1. The Morgan fingerprint density at radius 3 is 2.07 bits per heavy atom. The SMILES string of the molecule is COc1cccc(NC(=O)c2ccc(OCCOc3ccccc3)cc2)c1. The highest BCUT2D eigenvalue weighted by Crippen LogP contribution is 2.18. The lowest BCUT2D eigenvalue weighted by Crippen LogP contribution is -2.12. The minimum atomic E-state index is -0.192. The standard InChI is InChI=1S/C22H21NO4/c1-25-21-9-5-6-18(16-21)23-22(24)17-10-12-20(13-11-17)27-15-14-26-19-7-3-2-4-8-19/h2-13,16H,14-15H2,1H3,(H,23,24). The van der Waals surface area contributed by atoms with Crippen molar-refractivity contribution in [1.29, 1.82) is 0 Å². The quantitative estimate of drug-likeness (QED) is 0.603. The molecule has 5 nitrogen and oxygen atoms in total. The summed E-state index contributed by atoms with van der Waals surface area (Å²) in [5, 5.41) is 2.84. The first kappa shape index (κ1) is 18.3. The molecule has 0 spiro atoms. The van der Waals surface area contributed by atoms with E-state index in [0.717, 1.165) is 5.75 Å². The number of carbonyl (C=O) groups is 1. The molecule has 0 aliphatic heterocycles. The molecule has 3 rings (SSSR count). The molecule has 138 valence electrons. The van der Waals surface area contributed by atoms with Crippen molar-refractivity contribution in [2.24, 2.45) is 0 Å². The summed E-state index contributed by atoms with van der Waals surface area (Å²) in [4.78, 5) is 12.3. The number of ether oxygens (including phenoxy) is 3. The van der Waals surface area contributed by atoms with E-state index in [4.69, 9.17) is 14.2 Å². The Labute approximate surface area is 158 Å². The van der Waals surface area contributed by atoms with Crippen molar-refractivity contribution >= 4 is 11.6 Å². The Morgan fingerprint density at radius 2 is 1.41 bits per heavy atom. The number of amides is 1. The first-order valence-electron chi connectivity index (χ1n) is 8.61. The van der Waals surface area contributed by atoms with E-state index in [1.54, 1.807) is 37.4 Å². The number of methoxy groups -OCH3 is 1. The van der Waals surface area contributed by atoms with E-state index in [1.165, 1.54) is 0 Å². The zero-order valence-corrected chi connectivity index (χ0v) is 15.1. The third-order valence-corrected chi connectivity index (χ3v) is 3.81. The van der Waals surface area contributed by atoms with Crippen molar-refractivity contribution in [3.63, 3.8) is 0 Å². The van der Waals surface area contributed by atoms with Crippen molar-refractivity contribution in [2.75, 3.05) is 25.6 Å². The van der Waals surface area contributed by atoms with Gasteiger partial charge >= 0.3 is 0 Å².